The summed E-state index contributed by atoms with van der Waals surface area (Å²) in [7, 11) is 0. The molecular formula is C12H16FN3O3. The van der Waals surface area contributed by atoms with E-state index in [-0.39, 0.29) is 17.5 Å². The second-order valence-corrected chi connectivity index (χ2v) is 4.45. The summed E-state index contributed by atoms with van der Waals surface area (Å²) in [5.74, 6) is -0.624. The van der Waals surface area contributed by atoms with Crippen LogP contribution >= 0.6 is 0 Å². The summed E-state index contributed by atoms with van der Waals surface area (Å²) in [5, 5.41) is 16.8. The predicted molar refractivity (Wildman–Crippen MR) is 68.9 cm³/mol. The molecule has 0 saturated carbocycles. The average Bonchev–Trinajstić information content (AvgIpc) is 2.40. The Morgan fingerprint density at radius 3 is 3.05 bits per heavy atom. The van der Waals surface area contributed by atoms with Gasteiger partial charge in [0.05, 0.1) is 29.4 Å². The number of nitro benzene ring substituents is 1. The monoisotopic (exact) mass is 269 g/mol. The molecule has 0 aliphatic carbocycles. The van der Waals surface area contributed by atoms with Gasteiger partial charge in [0.2, 0.25) is 0 Å². The molecular weight excluding hydrogens is 253 g/mol. The lowest BCUT2D eigenvalue weighted by atomic mass is 10.1. The molecule has 7 heteroatoms. The van der Waals surface area contributed by atoms with Crippen LogP contribution in [-0.2, 0) is 4.74 Å². The molecule has 0 bridgehead atoms. The number of anilines is 1. The number of halogens is 1. The van der Waals surface area contributed by atoms with Gasteiger partial charge in [-0.25, -0.2) is 4.39 Å². The minimum absolute atomic E-state index is 0.0244. The van der Waals surface area contributed by atoms with Crippen LogP contribution in [0, 0.1) is 22.9 Å². The van der Waals surface area contributed by atoms with E-state index in [1.807, 2.05) is 0 Å². The van der Waals surface area contributed by atoms with Gasteiger partial charge in [-0.05, 0) is 13.0 Å². The maximum Gasteiger partial charge on any atom is 0.275 e. The number of aryl methyl sites for hydroxylation is 1. The highest BCUT2D eigenvalue weighted by Gasteiger charge is 2.17. The topological polar surface area (TPSA) is 76.4 Å². The smallest absolute Gasteiger partial charge is 0.275 e. The third-order valence-corrected chi connectivity index (χ3v) is 3.01. The first kappa shape index (κ1) is 13.7. The number of rotatable bonds is 4. The van der Waals surface area contributed by atoms with E-state index in [1.54, 1.807) is 6.92 Å². The lowest BCUT2D eigenvalue weighted by molar-refractivity contribution is -0.385. The summed E-state index contributed by atoms with van der Waals surface area (Å²) in [6, 6.07) is 2.39. The molecule has 2 N–H and O–H groups in total. The van der Waals surface area contributed by atoms with Crippen molar-refractivity contribution in [1.82, 2.24) is 5.32 Å². The quantitative estimate of drug-likeness (QED) is 0.639. The van der Waals surface area contributed by atoms with Gasteiger partial charge in [0.25, 0.3) is 5.69 Å². The van der Waals surface area contributed by atoms with Crippen molar-refractivity contribution in [1.29, 1.82) is 0 Å². The van der Waals surface area contributed by atoms with Crippen LogP contribution in [0.3, 0.4) is 0 Å². The number of nitrogens with zero attached hydrogens (tertiary/aromatic N) is 1. The Kier molecular flexibility index (Phi) is 4.28. The van der Waals surface area contributed by atoms with Crippen LogP contribution in [0.15, 0.2) is 12.1 Å². The normalized spacial score (nSPS) is 19.2. The minimum Gasteiger partial charge on any atom is -0.380 e. The fourth-order valence-corrected chi connectivity index (χ4v) is 1.98. The van der Waals surface area contributed by atoms with E-state index in [4.69, 9.17) is 4.74 Å². The predicted octanol–water partition coefficient (Wildman–Crippen LogP) is 1.44. The molecule has 1 aliphatic rings. The Balaban J connectivity index is 2.04. The summed E-state index contributed by atoms with van der Waals surface area (Å²) < 4.78 is 19.2. The lowest BCUT2D eigenvalue weighted by Crippen LogP contribution is -2.42. The Labute approximate surface area is 110 Å². The molecule has 0 amide bonds. The summed E-state index contributed by atoms with van der Waals surface area (Å²) in [6.07, 6.45) is -0.0244. The van der Waals surface area contributed by atoms with Crippen molar-refractivity contribution in [3.8, 4) is 0 Å². The van der Waals surface area contributed by atoms with E-state index in [0.29, 0.717) is 25.3 Å². The van der Waals surface area contributed by atoms with E-state index >= 15 is 0 Å². The third kappa shape index (κ3) is 3.39. The van der Waals surface area contributed by atoms with Crippen LogP contribution in [0.4, 0.5) is 15.8 Å². The fourth-order valence-electron chi connectivity index (χ4n) is 1.98. The lowest BCUT2D eigenvalue weighted by Gasteiger charge is -2.24. The van der Waals surface area contributed by atoms with Crippen molar-refractivity contribution in [3.05, 3.63) is 33.6 Å². The maximum absolute atomic E-state index is 13.7. The zero-order valence-electron chi connectivity index (χ0n) is 10.6. The zero-order chi connectivity index (χ0) is 13.8. The Bertz CT molecular complexity index is 476. The van der Waals surface area contributed by atoms with Gasteiger partial charge in [-0.3, -0.25) is 10.1 Å². The van der Waals surface area contributed by atoms with E-state index in [2.05, 4.69) is 10.6 Å². The van der Waals surface area contributed by atoms with Gasteiger partial charge in [0.1, 0.15) is 0 Å². The number of ether oxygens (including phenoxy) is 1. The first-order chi connectivity index (χ1) is 9.08. The van der Waals surface area contributed by atoms with Gasteiger partial charge in [0.15, 0.2) is 5.82 Å². The van der Waals surface area contributed by atoms with E-state index in [1.165, 1.54) is 6.07 Å². The van der Waals surface area contributed by atoms with E-state index in [9.17, 15) is 14.5 Å². The molecule has 1 saturated heterocycles. The second kappa shape index (κ2) is 5.94. The summed E-state index contributed by atoms with van der Waals surface area (Å²) in [5.41, 5.74) is 0.479. The van der Waals surface area contributed by atoms with E-state index < -0.39 is 10.7 Å². The highest BCUT2D eigenvalue weighted by atomic mass is 19.1. The Morgan fingerprint density at radius 1 is 1.63 bits per heavy atom. The summed E-state index contributed by atoms with van der Waals surface area (Å²) in [6.45, 7) is 4.21. The van der Waals surface area contributed by atoms with Crippen LogP contribution in [-0.4, -0.2) is 37.3 Å². The van der Waals surface area contributed by atoms with Gasteiger partial charge in [0, 0.05) is 25.2 Å². The van der Waals surface area contributed by atoms with Crippen molar-refractivity contribution in [2.75, 3.05) is 31.6 Å². The Hall–Kier alpha value is -1.73. The summed E-state index contributed by atoms with van der Waals surface area (Å²) >= 11 is 0. The molecule has 2 rings (SSSR count). The fraction of sp³-hybridized carbons (Fsp3) is 0.500. The van der Waals surface area contributed by atoms with Crippen LogP contribution < -0.4 is 10.6 Å². The van der Waals surface area contributed by atoms with Gasteiger partial charge >= 0.3 is 0 Å². The molecule has 0 radical (unpaired) electrons. The molecule has 0 aromatic heterocycles. The van der Waals surface area contributed by atoms with Crippen LogP contribution in [0.1, 0.15) is 5.56 Å². The van der Waals surface area contributed by atoms with E-state index in [0.717, 1.165) is 12.6 Å². The average molecular weight is 269 g/mol. The molecule has 1 heterocycles. The number of nitrogens with one attached hydrogen (secondary N) is 2. The number of nitro groups is 1. The second-order valence-electron chi connectivity index (χ2n) is 4.45. The van der Waals surface area contributed by atoms with Crippen molar-refractivity contribution in [2.24, 2.45) is 0 Å². The molecule has 1 unspecified atom stereocenters. The van der Waals surface area contributed by atoms with Crippen molar-refractivity contribution in [2.45, 2.75) is 13.0 Å². The SMILES string of the molecule is Cc1cc(NCC2CNCCO2)c(F)cc1[N+](=O)[O-]. The van der Waals surface area contributed by atoms with Crippen LogP contribution in [0.5, 0.6) is 0 Å². The maximum atomic E-state index is 13.7. The van der Waals surface area contributed by atoms with Gasteiger partial charge < -0.3 is 15.4 Å². The first-order valence-corrected chi connectivity index (χ1v) is 6.08. The highest BCUT2D eigenvalue weighted by Crippen LogP contribution is 2.25. The number of morpholine rings is 1. The molecule has 1 aromatic carbocycles. The molecule has 0 spiro atoms. The zero-order valence-corrected chi connectivity index (χ0v) is 10.6. The summed E-state index contributed by atoms with van der Waals surface area (Å²) in [4.78, 5) is 10.1. The minimum atomic E-state index is -0.624. The number of benzene rings is 1. The number of hydrogen-bond acceptors (Lipinski definition) is 5. The van der Waals surface area contributed by atoms with Gasteiger partial charge in [-0.2, -0.15) is 0 Å². The first-order valence-electron chi connectivity index (χ1n) is 6.08. The van der Waals surface area contributed by atoms with Crippen molar-refractivity contribution >= 4 is 11.4 Å². The van der Waals surface area contributed by atoms with Crippen LogP contribution in [0.2, 0.25) is 0 Å². The third-order valence-electron chi connectivity index (χ3n) is 3.01. The molecule has 19 heavy (non-hydrogen) atoms. The number of hydrogen-bond donors (Lipinski definition) is 2. The molecule has 6 nitrogen and oxygen atoms in total. The van der Waals surface area contributed by atoms with Gasteiger partial charge in [-0.15, -0.1) is 0 Å². The molecule has 1 aromatic rings. The molecule has 1 atom stereocenters. The molecule has 1 aliphatic heterocycles. The van der Waals surface area contributed by atoms with Crippen LogP contribution in [0.25, 0.3) is 0 Å². The largest absolute Gasteiger partial charge is 0.380 e. The van der Waals surface area contributed by atoms with Gasteiger partial charge in [-0.1, -0.05) is 0 Å². The standard InChI is InChI=1S/C12H16FN3O3/c1-8-4-11(10(13)5-12(8)16(17)18)15-7-9-6-14-2-3-19-9/h4-5,9,14-15H,2-3,6-7H2,1H3. The Morgan fingerprint density at radius 2 is 2.42 bits per heavy atom. The van der Waals surface area contributed by atoms with Crippen molar-refractivity contribution < 1.29 is 14.1 Å². The highest BCUT2D eigenvalue weighted by molar-refractivity contribution is 5.54. The molecule has 1 fully saturated rings. The molecule has 104 valence electrons. The van der Waals surface area contributed by atoms with Crippen molar-refractivity contribution in [3.63, 3.8) is 0 Å².